The van der Waals surface area contributed by atoms with Crippen molar-refractivity contribution in [1.29, 1.82) is 5.41 Å². The molecule has 194 valence electrons. The minimum atomic E-state index is -4.09. The number of likely N-dealkylation sites (tertiary alicyclic amines) is 1. The molecular formula is C27H31N5O4S. The number of piperidine rings is 1. The van der Waals surface area contributed by atoms with Crippen molar-refractivity contribution < 1.29 is 18.0 Å². The second-order valence-electron chi connectivity index (χ2n) is 9.16. The molecule has 3 aromatic rings. The number of nitrogens with one attached hydrogen (secondary N) is 3. The molecule has 0 bridgehead atoms. The number of benzene rings is 3. The highest BCUT2D eigenvalue weighted by atomic mass is 32.2. The highest BCUT2D eigenvalue weighted by Gasteiger charge is 2.37. The summed E-state index contributed by atoms with van der Waals surface area (Å²) in [5.74, 6) is -0.870. The van der Waals surface area contributed by atoms with Crippen LogP contribution in [-0.4, -0.2) is 56.6 Å². The van der Waals surface area contributed by atoms with Crippen LogP contribution in [0.2, 0.25) is 0 Å². The second kappa shape index (κ2) is 11.1. The van der Waals surface area contributed by atoms with Crippen molar-refractivity contribution in [3.8, 4) is 0 Å². The van der Waals surface area contributed by atoms with Gasteiger partial charge in [0.2, 0.25) is 21.8 Å². The van der Waals surface area contributed by atoms with Crippen molar-refractivity contribution in [1.82, 2.24) is 14.9 Å². The van der Waals surface area contributed by atoms with Gasteiger partial charge in [-0.3, -0.25) is 15.0 Å². The fraction of sp³-hybridized carbons (Fsp3) is 0.296. The average Bonchev–Trinajstić information content (AvgIpc) is 2.91. The van der Waals surface area contributed by atoms with Gasteiger partial charge in [0.25, 0.3) is 0 Å². The first-order chi connectivity index (χ1) is 17.7. The Morgan fingerprint density at radius 2 is 1.81 bits per heavy atom. The molecule has 0 radical (unpaired) electrons. The molecule has 1 heterocycles. The molecule has 0 saturated carbocycles. The molecule has 2 atom stereocenters. The Hall–Kier alpha value is -3.76. The summed E-state index contributed by atoms with van der Waals surface area (Å²) >= 11 is 0. The van der Waals surface area contributed by atoms with Crippen molar-refractivity contribution >= 4 is 38.4 Å². The third-order valence-corrected chi connectivity index (χ3v) is 8.11. The summed E-state index contributed by atoms with van der Waals surface area (Å²) in [7, 11) is -2.57. The second-order valence-corrected chi connectivity index (χ2v) is 10.9. The Morgan fingerprint density at radius 3 is 2.54 bits per heavy atom. The first kappa shape index (κ1) is 26.3. The summed E-state index contributed by atoms with van der Waals surface area (Å²) in [5, 5.41) is 12.0. The Labute approximate surface area is 216 Å². The largest absolute Gasteiger partial charge is 0.384 e. The molecule has 37 heavy (non-hydrogen) atoms. The van der Waals surface area contributed by atoms with E-state index in [1.54, 1.807) is 36.4 Å². The maximum Gasteiger partial charge on any atom is 0.242 e. The predicted molar refractivity (Wildman–Crippen MR) is 143 cm³/mol. The summed E-state index contributed by atoms with van der Waals surface area (Å²) in [6, 6.07) is 17.2. The van der Waals surface area contributed by atoms with Gasteiger partial charge in [0, 0.05) is 19.2 Å². The summed E-state index contributed by atoms with van der Waals surface area (Å²) in [6.07, 6.45) is 2.07. The summed E-state index contributed by atoms with van der Waals surface area (Å²) in [5.41, 5.74) is 6.75. The zero-order valence-electron chi connectivity index (χ0n) is 20.6. The molecule has 0 aromatic heterocycles. The van der Waals surface area contributed by atoms with E-state index < -0.39 is 28.0 Å². The lowest BCUT2D eigenvalue weighted by molar-refractivity contribution is -0.143. The summed E-state index contributed by atoms with van der Waals surface area (Å²) < 4.78 is 29.6. The van der Waals surface area contributed by atoms with Crippen LogP contribution in [0.5, 0.6) is 0 Å². The molecule has 9 nitrogen and oxygen atoms in total. The number of amides is 2. The topological polar surface area (TPSA) is 145 Å². The van der Waals surface area contributed by atoms with E-state index in [1.165, 1.54) is 18.0 Å². The third-order valence-electron chi connectivity index (χ3n) is 6.64. The number of hydrogen-bond donors (Lipinski definition) is 4. The van der Waals surface area contributed by atoms with E-state index in [1.807, 2.05) is 24.3 Å². The van der Waals surface area contributed by atoms with Crippen molar-refractivity contribution in [3.63, 3.8) is 0 Å². The third kappa shape index (κ3) is 5.98. The van der Waals surface area contributed by atoms with Gasteiger partial charge in [-0.1, -0.05) is 48.5 Å². The molecule has 3 aromatic carbocycles. The van der Waals surface area contributed by atoms with Gasteiger partial charge in [-0.25, -0.2) is 8.42 Å². The number of carbonyl (C=O) groups is 2. The van der Waals surface area contributed by atoms with Crippen molar-refractivity contribution in [2.75, 3.05) is 13.6 Å². The maximum atomic E-state index is 13.8. The Morgan fingerprint density at radius 1 is 1.05 bits per heavy atom. The van der Waals surface area contributed by atoms with Crippen molar-refractivity contribution in [2.45, 2.75) is 42.7 Å². The van der Waals surface area contributed by atoms with Crippen LogP contribution in [0.3, 0.4) is 0 Å². The number of rotatable bonds is 8. The molecule has 1 aliphatic rings. The van der Waals surface area contributed by atoms with Crippen molar-refractivity contribution in [3.05, 3.63) is 77.9 Å². The van der Waals surface area contributed by atoms with Crippen LogP contribution < -0.4 is 15.8 Å². The zero-order valence-corrected chi connectivity index (χ0v) is 21.4. The van der Waals surface area contributed by atoms with E-state index in [0.717, 1.165) is 23.6 Å². The molecule has 0 aliphatic carbocycles. The lowest BCUT2D eigenvalue weighted by Crippen LogP contribution is -2.57. The van der Waals surface area contributed by atoms with Crippen LogP contribution in [0.1, 0.15) is 30.4 Å². The van der Waals surface area contributed by atoms with E-state index in [2.05, 4.69) is 10.0 Å². The zero-order chi connectivity index (χ0) is 26.6. The van der Waals surface area contributed by atoms with E-state index in [-0.39, 0.29) is 23.1 Å². The summed E-state index contributed by atoms with van der Waals surface area (Å²) in [4.78, 5) is 27.9. The van der Waals surface area contributed by atoms with Gasteiger partial charge in [0.05, 0.1) is 4.90 Å². The van der Waals surface area contributed by atoms with Gasteiger partial charge in [-0.05, 0) is 60.2 Å². The number of likely N-dealkylation sites (N-methyl/N-ethyl adjacent to an activating group) is 1. The monoisotopic (exact) mass is 521 g/mol. The molecule has 1 saturated heterocycles. The molecule has 2 amide bonds. The first-order valence-electron chi connectivity index (χ1n) is 12.2. The highest BCUT2D eigenvalue weighted by molar-refractivity contribution is 7.89. The van der Waals surface area contributed by atoms with Gasteiger partial charge in [0.15, 0.2) is 0 Å². The fourth-order valence-electron chi connectivity index (χ4n) is 4.71. The van der Waals surface area contributed by atoms with Gasteiger partial charge in [-0.15, -0.1) is 0 Å². The van der Waals surface area contributed by atoms with E-state index in [9.17, 15) is 18.0 Å². The van der Waals surface area contributed by atoms with Gasteiger partial charge in [0.1, 0.15) is 17.9 Å². The Kier molecular flexibility index (Phi) is 7.89. The van der Waals surface area contributed by atoms with Crippen LogP contribution >= 0.6 is 0 Å². The number of nitrogen functional groups attached to an aromatic ring is 1. The minimum absolute atomic E-state index is 0.0315. The van der Waals surface area contributed by atoms with Gasteiger partial charge >= 0.3 is 0 Å². The lowest BCUT2D eigenvalue weighted by Gasteiger charge is -2.36. The molecule has 0 unspecified atom stereocenters. The van der Waals surface area contributed by atoms with Crippen LogP contribution in [0.15, 0.2) is 71.6 Å². The van der Waals surface area contributed by atoms with Crippen molar-refractivity contribution in [2.24, 2.45) is 5.73 Å². The van der Waals surface area contributed by atoms with Crippen LogP contribution in [0.4, 0.5) is 0 Å². The molecule has 4 rings (SSSR count). The SMILES string of the molecule is CNC(=O)[C@H]1CCCCN1C(=O)[C@H](Cc1cccc(C(=N)N)c1)NS(=O)(=O)c1ccc2ccccc2c1. The molecule has 1 aliphatic heterocycles. The average molecular weight is 522 g/mol. The smallest absolute Gasteiger partial charge is 0.242 e. The first-order valence-corrected chi connectivity index (χ1v) is 13.6. The molecule has 5 N–H and O–H groups in total. The molecular weight excluding hydrogens is 490 g/mol. The molecule has 1 fully saturated rings. The highest BCUT2D eigenvalue weighted by Crippen LogP contribution is 2.22. The Bertz CT molecular complexity index is 1440. The quantitative estimate of drug-likeness (QED) is 0.265. The number of nitrogens with zero attached hydrogens (tertiary/aromatic N) is 1. The van der Waals surface area contributed by atoms with Crippen LogP contribution in [0, 0.1) is 5.41 Å². The standard InChI is InChI=1S/C27H31N5O4S/c1-30-26(33)24-11-4-5-14-32(24)27(34)23(16-18-7-6-10-21(15-18)25(28)29)31-37(35,36)22-13-12-19-8-2-3-9-20(19)17-22/h2-3,6-10,12-13,15,17,23-24,31H,4-5,11,14,16H2,1H3,(H3,28,29)(H,30,33)/t23-,24+/m0/s1. The van der Waals surface area contributed by atoms with E-state index in [4.69, 9.17) is 11.1 Å². The number of sulfonamides is 1. The predicted octanol–water partition coefficient (Wildman–Crippen LogP) is 2.14. The number of hydrogen-bond acceptors (Lipinski definition) is 5. The van der Waals surface area contributed by atoms with Crippen LogP contribution in [-0.2, 0) is 26.0 Å². The maximum absolute atomic E-state index is 13.8. The van der Waals surface area contributed by atoms with Crippen LogP contribution in [0.25, 0.3) is 10.8 Å². The van der Waals surface area contributed by atoms with E-state index >= 15 is 0 Å². The van der Waals surface area contributed by atoms with Gasteiger partial charge < -0.3 is 16.0 Å². The lowest BCUT2D eigenvalue weighted by atomic mass is 9.98. The number of amidine groups is 1. The Balaban J connectivity index is 1.69. The fourth-order valence-corrected chi connectivity index (χ4v) is 5.93. The van der Waals surface area contributed by atoms with E-state index in [0.29, 0.717) is 24.1 Å². The normalized spacial score (nSPS) is 16.8. The minimum Gasteiger partial charge on any atom is -0.384 e. The number of carbonyl (C=O) groups excluding carboxylic acids is 2. The molecule has 10 heteroatoms. The molecule has 0 spiro atoms. The summed E-state index contributed by atoms with van der Waals surface area (Å²) in [6.45, 7) is 0.360. The van der Waals surface area contributed by atoms with Gasteiger partial charge in [-0.2, -0.15) is 4.72 Å². The number of fused-ring (bicyclic) bond motifs is 1. The number of nitrogens with two attached hydrogens (primary N) is 1.